The second-order valence-electron chi connectivity index (χ2n) is 9.89. The van der Waals surface area contributed by atoms with E-state index >= 15 is 0 Å². The molecule has 0 saturated carbocycles. The summed E-state index contributed by atoms with van der Waals surface area (Å²) in [4.78, 5) is 14.5. The minimum atomic E-state index is -3.95. The number of carbonyl (C=O) groups excluding carboxylic acids is 1. The van der Waals surface area contributed by atoms with Crippen molar-refractivity contribution < 1.29 is 23.1 Å². The topological polar surface area (TPSA) is 99.2 Å². The number of likely N-dealkylation sites (N-methyl/N-ethyl adjacent to an activating group) is 1. The molecule has 202 valence electrons. The third-order valence-corrected chi connectivity index (χ3v) is 8.97. The predicted octanol–water partition coefficient (Wildman–Crippen LogP) is 4.59. The summed E-state index contributed by atoms with van der Waals surface area (Å²) >= 11 is 0. The van der Waals surface area contributed by atoms with Crippen molar-refractivity contribution in [1.82, 2.24) is 9.21 Å². The van der Waals surface area contributed by atoms with Crippen molar-refractivity contribution in [3.05, 3.63) is 78.4 Å². The highest BCUT2D eigenvalue weighted by atomic mass is 32.2. The fourth-order valence-corrected chi connectivity index (χ4v) is 6.43. The van der Waals surface area contributed by atoms with Crippen molar-refractivity contribution in [3.8, 4) is 16.9 Å². The molecule has 2 amide bonds. The number of amides is 2. The fraction of sp³-hybridized carbons (Fsp3) is 0.345. The number of nitrogens with zero attached hydrogens (tertiary/aromatic N) is 2. The lowest BCUT2D eigenvalue weighted by Gasteiger charge is -2.37. The number of nitrogens with one attached hydrogen (secondary N) is 1. The Bertz CT molecular complexity index is 1380. The van der Waals surface area contributed by atoms with Crippen molar-refractivity contribution in [1.29, 1.82) is 0 Å². The molecule has 0 saturated heterocycles. The van der Waals surface area contributed by atoms with E-state index in [-0.39, 0.29) is 42.3 Å². The Hall–Kier alpha value is -3.40. The van der Waals surface area contributed by atoms with E-state index in [1.807, 2.05) is 68.4 Å². The molecule has 9 heteroatoms. The number of aliphatic hydroxyl groups is 1. The van der Waals surface area contributed by atoms with Gasteiger partial charge in [0.15, 0.2) is 0 Å². The minimum absolute atomic E-state index is 0.0448. The molecule has 0 aliphatic carbocycles. The van der Waals surface area contributed by atoms with E-state index in [0.717, 1.165) is 16.7 Å². The Balaban J connectivity index is 1.71. The molecule has 4 rings (SSSR count). The molecule has 0 radical (unpaired) electrons. The SMILES string of the molecule is Cc1ccccc1-c1ccc2c(c1)O[C@H](CN(C)C(=O)Nc1ccccc1)[C@H](C)CN([C@H](C)CO)S2(=O)=O. The zero-order valence-electron chi connectivity index (χ0n) is 22.2. The van der Waals surface area contributed by atoms with Gasteiger partial charge in [-0.05, 0) is 54.8 Å². The van der Waals surface area contributed by atoms with Crippen LogP contribution in [0.25, 0.3) is 11.1 Å². The van der Waals surface area contributed by atoms with Crippen LogP contribution in [-0.2, 0) is 10.0 Å². The van der Waals surface area contributed by atoms with E-state index in [1.165, 1.54) is 9.21 Å². The molecule has 0 fully saturated rings. The summed E-state index contributed by atoms with van der Waals surface area (Å²) in [5, 5.41) is 12.7. The Labute approximate surface area is 224 Å². The van der Waals surface area contributed by atoms with E-state index in [1.54, 1.807) is 32.2 Å². The molecule has 0 bridgehead atoms. The van der Waals surface area contributed by atoms with E-state index < -0.39 is 22.2 Å². The Kier molecular flexibility index (Phi) is 8.40. The second-order valence-corrected chi connectivity index (χ2v) is 11.8. The van der Waals surface area contributed by atoms with E-state index in [4.69, 9.17) is 4.74 Å². The molecule has 0 spiro atoms. The van der Waals surface area contributed by atoms with Crippen LogP contribution in [0.2, 0.25) is 0 Å². The van der Waals surface area contributed by atoms with Crippen molar-refractivity contribution in [2.24, 2.45) is 5.92 Å². The van der Waals surface area contributed by atoms with Crippen LogP contribution in [-0.4, -0.2) is 67.7 Å². The van der Waals surface area contributed by atoms with Gasteiger partial charge in [-0.25, -0.2) is 13.2 Å². The number of aliphatic hydroxyl groups excluding tert-OH is 1. The quantitative estimate of drug-likeness (QED) is 0.479. The maximum absolute atomic E-state index is 13.7. The van der Waals surface area contributed by atoms with Gasteiger partial charge in [0, 0.05) is 31.2 Å². The third kappa shape index (κ3) is 5.85. The summed E-state index contributed by atoms with van der Waals surface area (Å²) in [7, 11) is -2.27. The molecule has 3 atom stereocenters. The Morgan fingerprint density at radius 3 is 2.50 bits per heavy atom. The van der Waals surface area contributed by atoms with Gasteiger partial charge in [0.05, 0.1) is 13.2 Å². The highest BCUT2D eigenvalue weighted by Crippen LogP contribution is 2.37. The maximum Gasteiger partial charge on any atom is 0.321 e. The van der Waals surface area contributed by atoms with Crippen LogP contribution in [0.4, 0.5) is 10.5 Å². The molecule has 1 aliphatic rings. The monoisotopic (exact) mass is 537 g/mol. The Morgan fingerprint density at radius 2 is 1.82 bits per heavy atom. The smallest absolute Gasteiger partial charge is 0.321 e. The van der Waals surface area contributed by atoms with Crippen LogP contribution in [0, 0.1) is 12.8 Å². The fourth-order valence-electron chi connectivity index (χ4n) is 4.60. The number of aryl methyl sites for hydroxylation is 1. The lowest BCUT2D eigenvalue weighted by molar-refractivity contribution is 0.0830. The number of ether oxygens (including phenoxy) is 1. The number of anilines is 1. The highest BCUT2D eigenvalue weighted by molar-refractivity contribution is 7.89. The normalized spacial score (nSPS) is 19.8. The minimum Gasteiger partial charge on any atom is -0.487 e. The number of hydrogen-bond donors (Lipinski definition) is 2. The summed E-state index contributed by atoms with van der Waals surface area (Å²) in [6.45, 7) is 5.64. The number of fused-ring (bicyclic) bond motifs is 1. The largest absolute Gasteiger partial charge is 0.487 e. The first-order chi connectivity index (χ1) is 18.1. The molecule has 38 heavy (non-hydrogen) atoms. The first kappa shape index (κ1) is 27.6. The third-order valence-electron chi connectivity index (χ3n) is 6.95. The summed E-state index contributed by atoms with van der Waals surface area (Å²) < 4.78 is 35.2. The average molecular weight is 538 g/mol. The summed E-state index contributed by atoms with van der Waals surface area (Å²) in [5.74, 6) is -0.0460. The molecule has 0 unspecified atom stereocenters. The molecule has 0 aromatic heterocycles. The van der Waals surface area contributed by atoms with Gasteiger partial charge in [-0.2, -0.15) is 4.31 Å². The van der Waals surface area contributed by atoms with Gasteiger partial charge >= 0.3 is 6.03 Å². The van der Waals surface area contributed by atoms with Crippen molar-refractivity contribution in [2.75, 3.05) is 32.1 Å². The van der Waals surface area contributed by atoms with Gasteiger partial charge in [-0.15, -0.1) is 0 Å². The molecule has 8 nitrogen and oxygen atoms in total. The summed E-state index contributed by atoms with van der Waals surface area (Å²) in [6, 6.07) is 21.2. The van der Waals surface area contributed by atoms with Crippen molar-refractivity contribution in [2.45, 2.75) is 37.8 Å². The molecule has 3 aromatic rings. The molecular weight excluding hydrogens is 502 g/mol. The van der Waals surface area contributed by atoms with Crippen LogP contribution in [0.5, 0.6) is 5.75 Å². The predicted molar refractivity (Wildman–Crippen MR) is 149 cm³/mol. The highest BCUT2D eigenvalue weighted by Gasteiger charge is 2.38. The van der Waals surface area contributed by atoms with Crippen LogP contribution >= 0.6 is 0 Å². The average Bonchev–Trinajstić information content (AvgIpc) is 2.90. The number of carbonyl (C=O) groups is 1. The van der Waals surface area contributed by atoms with E-state index in [2.05, 4.69) is 5.32 Å². The number of para-hydroxylation sites is 1. The van der Waals surface area contributed by atoms with Gasteiger partial charge < -0.3 is 20.1 Å². The van der Waals surface area contributed by atoms with Crippen LogP contribution in [0.15, 0.2) is 77.7 Å². The van der Waals surface area contributed by atoms with Crippen molar-refractivity contribution >= 4 is 21.7 Å². The van der Waals surface area contributed by atoms with Crippen LogP contribution in [0.3, 0.4) is 0 Å². The number of benzene rings is 3. The standard InChI is InChI=1S/C29H35N3O5S/c1-20-10-8-9-13-25(20)23-14-15-28-26(16-23)37-27(21(2)17-32(22(3)19-33)38(28,35)36)18-31(4)29(34)30-24-11-6-5-7-12-24/h5-16,21-22,27,33H,17-19H2,1-4H3,(H,30,34)/t21-,22-,27-/m1/s1. The molecule has 3 aromatic carbocycles. The summed E-state index contributed by atoms with van der Waals surface area (Å²) in [5.41, 5.74) is 3.54. The molecule has 2 N–H and O–H groups in total. The molecule has 1 heterocycles. The number of hydrogen-bond acceptors (Lipinski definition) is 5. The first-order valence-electron chi connectivity index (χ1n) is 12.7. The zero-order valence-corrected chi connectivity index (χ0v) is 23.0. The second kappa shape index (κ2) is 11.6. The zero-order chi connectivity index (χ0) is 27.4. The van der Waals surface area contributed by atoms with E-state index in [0.29, 0.717) is 5.69 Å². The number of sulfonamides is 1. The maximum atomic E-state index is 13.7. The van der Waals surface area contributed by atoms with E-state index in [9.17, 15) is 18.3 Å². The van der Waals surface area contributed by atoms with Gasteiger partial charge in [0.25, 0.3) is 0 Å². The lowest BCUT2D eigenvalue weighted by Crippen LogP contribution is -2.50. The van der Waals surface area contributed by atoms with Crippen molar-refractivity contribution in [3.63, 3.8) is 0 Å². The van der Waals surface area contributed by atoms with Crippen LogP contribution in [0.1, 0.15) is 19.4 Å². The number of rotatable bonds is 6. The Morgan fingerprint density at radius 1 is 1.13 bits per heavy atom. The molecule has 1 aliphatic heterocycles. The first-order valence-corrected chi connectivity index (χ1v) is 14.1. The van der Waals surface area contributed by atoms with Gasteiger partial charge in [-0.1, -0.05) is 55.5 Å². The van der Waals surface area contributed by atoms with Gasteiger partial charge in [0.1, 0.15) is 16.7 Å². The lowest BCUT2D eigenvalue weighted by atomic mass is 10.00. The van der Waals surface area contributed by atoms with Crippen LogP contribution < -0.4 is 10.1 Å². The van der Waals surface area contributed by atoms with Gasteiger partial charge in [-0.3, -0.25) is 0 Å². The van der Waals surface area contributed by atoms with Gasteiger partial charge in [0.2, 0.25) is 10.0 Å². The molecular formula is C29H35N3O5S. The number of urea groups is 1. The summed E-state index contributed by atoms with van der Waals surface area (Å²) in [6.07, 6.45) is -0.503.